The molecule has 3 aromatic rings. The Labute approximate surface area is 119 Å². The van der Waals surface area contributed by atoms with E-state index in [1.165, 1.54) is 38.9 Å². The second kappa shape index (κ2) is 4.35. The molecule has 0 heterocycles. The molecule has 0 bridgehead atoms. The molecule has 0 nitrogen and oxygen atoms in total. The van der Waals surface area contributed by atoms with Crippen molar-refractivity contribution in [1.29, 1.82) is 0 Å². The third-order valence-corrected chi connectivity index (χ3v) is 4.25. The second-order valence-corrected chi connectivity index (χ2v) is 5.52. The van der Waals surface area contributed by atoms with Gasteiger partial charge in [-0.15, -0.1) is 0 Å². The number of hydrogen-bond donors (Lipinski definition) is 0. The lowest BCUT2D eigenvalue weighted by Gasteiger charge is -2.08. The van der Waals surface area contributed by atoms with E-state index in [-0.39, 0.29) is 0 Å². The maximum absolute atomic E-state index is 2.36. The standard InChI is InChI=1S/C20H16/c1-14-6-2-4-8-18(14)16-10-11-20-17(13-16)12-15-7-3-5-9-19(15)20/h2-11,13H,12H2,1H3. The molecule has 0 amide bonds. The van der Waals surface area contributed by atoms with Crippen molar-refractivity contribution in [2.24, 2.45) is 0 Å². The molecule has 0 aromatic heterocycles. The third-order valence-electron chi connectivity index (χ3n) is 4.25. The fourth-order valence-corrected chi connectivity index (χ4v) is 3.21. The van der Waals surface area contributed by atoms with Crippen LogP contribution >= 0.6 is 0 Å². The zero-order chi connectivity index (χ0) is 13.5. The topological polar surface area (TPSA) is 0 Å². The first-order chi connectivity index (χ1) is 9.83. The van der Waals surface area contributed by atoms with E-state index in [1.54, 1.807) is 0 Å². The van der Waals surface area contributed by atoms with E-state index < -0.39 is 0 Å². The van der Waals surface area contributed by atoms with Crippen LogP contribution in [0, 0.1) is 6.92 Å². The molecule has 0 spiro atoms. The normalized spacial score (nSPS) is 12.1. The van der Waals surface area contributed by atoms with Gasteiger partial charge in [-0.05, 0) is 52.3 Å². The van der Waals surface area contributed by atoms with Gasteiger partial charge in [0.15, 0.2) is 0 Å². The molecule has 20 heavy (non-hydrogen) atoms. The lowest BCUT2D eigenvalue weighted by atomic mass is 9.96. The van der Waals surface area contributed by atoms with E-state index in [9.17, 15) is 0 Å². The van der Waals surface area contributed by atoms with Crippen molar-refractivity contribution in [3.63, 3.8) is 0 Å². The van der Waals surface area contributed by atoms with Gasteiger partial charge in [0.1, 0.15) is 0 Å². The largest absolute Gasteiger partial charge is 0.0620 e. The Bertz CT molecular complexity index is 797. The Morgan fingerprint density at radius 2 is 1.35 bits per heavy atom. The van der Waals surface area contributed by atoms with Crippen molar-refractivity contribution in [2.75, 3.05) is 0 Å². The van der Waals surface area contributed by atoms with Gasteiger partial charge in [-0.25, -0.2) is 0 Å². The number of benzene rings is 3. The number of rotatable bonds is 1. The van der Waals surface area contributed by atoms with Gasteiger partial charge in [-0.3, -0.25) is 0 Å². The van der Waals surface area contributed by atoms with Crippen molar-refractivity contribution >= 4 is 0 Å². The minimum absolute atomic E-state index is 1.06. The van der Waals surface area contributed by atoms with E-state index in [4.69, 9.17) is 0 Å². The Balaban J connectivity index is 1.85. The number of fused-ring (bicyclic) bond motifs is 3. The second-order valence-electron chi connectivity index (χ2n) is 5.52. The summed E-state index contributed by atoms with van der Waals surface area (Å²) in [5.74, 6) is 0. The highest BCUT2D eigenvalue weighted by Gasteiger charge is 2.18. The van der Waals surface area contributed by atoms with Crippen molar-refractivity contribution in [2.45, 2.75) is 13.3 Å². The van der Waals surface area contributed by atoms with Crippen LogP contribution in [0.1, 0.15) is 16.7 Å². The van der Waals surface area contributed by atoms with Crippen LogP contribution in [-0.4, -0.2) is 0 Å². The summed E-state index contributed by atoms with van der Waals surface area (Å²) < 4.78 is 0. The van der Waals surface area contributed by atoms with Crippen molar-refractivity contribution in [3.8, 4) is 22.3 Å². The minimum atomic E-state index is 1.06. The van der Waals surface area contributed by atoms with Gasteiger partial charge in [0.25, 0.3) is 0 Å². The van der Waals surface area contributed by atoms with Crippen molar-refractivity contribution in [3.05, 3.63) is 83.4 Å². The fraction of sp³-hybridized carbons (Fsp3) is 0.100. The molecule has 0 atom stereocenters. The zero-order valence-corrected chi connectivity index (χ0v) is 11.6. The molecule has 96 valence electrons. The quantitative estimate of drug-likeness (QED) is 0.437. The highest BCUT2D eigenvalue weighted by molar-refractivity contribution is 5.80. The first-order valence-corrected chi connectivity index (χ1v) is 7.10. The van der Waals surface area contributed by atoms with Crippen molar-refractivity contribution in [1.82, 2.24) is 0 Å². The van der Waals surface area contributed by atoms with E-state index in [1.807, 2.05) is 0 Å². The summed E-state index contributed by atoms with van der Waals surface area (Å²) in [4.78, 5) is 0. The molecule has 0 N–H and O–H groups in total. The van der Waals surface area contributed by atoms with Gasteiger partial charge in [-0.2, -0.15) is 0 Å². The molecule has 0 fully saturated rings. The fourth-order valence-electron chi connectivity index (χ4n) is 3.21. The smallest absolute Gasteiger partial charge is 0.00132 e. The van der Waals surface area contributed by atoms with Gasteiger partial charge in [-0.1, -0.05) is 66.7 Å². The maximum atomic E-state index is 2.36. The molecule has 0 radical (unpaired) electrons. The SMILES string of the molecule is Cc1ccccc1-c1ccc2c(c1)Cc1ccccc1-2. The van der Waals surface area contributed by atoms with Gasteiger partial charge in [0.2, 0.25) is 0 Å². The van der Waals surface area contributed by atoms with Crippen LogP contribution in [-0.2, 0) is 6.42 Å². The molecular formula is C20H16. The van der Waals surface area contributed by atoms with Crippen LogP contribution in [0.2, 0.25) is 0 Å². The zero-order valence-electron chi connectivity index (χ0n) is 11.6. The first kappa shape index (κ1) is 11.5. The van der Waals surface area contributed by atoms with E-state index in [0.717, 1.165) is 6.42 Å². The highest BCUT2D eigenvalue weighted by atomic mass is 14.2. The number of hydrogen-bond acceptors (Lipinski definition) is 0. The minimum Gasteiger partial charge on any atom is -0.0620 e. The van der Waals surface area contributed by atoms with Crippen LogP contribution in [0.5, 0.6) is 0 Å². The average molecular weight is 256 g/mol. The maximum Gasteiger partial charge on any atom is -0.00132 e. The summed E-state index contributed by atoms with van der Waals surface area (Å²) in [6, 6.07) is 24.2. The Morgan fingerprint density at radius 1 is 0.650 bits per heavy atom. The van der Waals surface area contributed by atoms with E-state index in [0.29, 0.717) is 0 Å². The summed E-state index contributed by atoms with van der Waals surface area (Å²) in [7, 11) is 0. The van der Waals surface area contributed by atoms with Crippen LogP contribution in [0.4, 0.5) is 0 Å². The molecule has 0 saturated carbocycles. The summed E-state index contributed by atoms with van der Waals surface area (Å²) in [5.41, 5.74) is 9.71. The highest BCUT2D eigenvalue weighted by Crippen LogP contribution is 2.38. The lowest BCUT2D eigenvalue weighted by Crippen LogP contribution is -1.86. The van der Waals surface area contributed by atoms with E-state index >= 15 is 0 Å². The van der Waals surface area contributed by atoms with Gasteiger partial charge in [0, 0.05) is 0 Å². The Kier molecular flexibility index (Phi) is 2.50. The molecule has 0 heteroatoms. The Hall–Kier alpha value is -2.34. The van der Waals surface area contributed by atoms with Gasteiger partial charge >= 0.3 is 0 Å². The van der Waals surface area contributed by atoms with E-state index in [2.05, 4.69) is 73.7 Å². The molecule has 3 aromatic carbocycles. The summed E-state index contributed by atoms with van der Waals surface area (Å²) >= 11 is 0. The average Bonchev–Trinajstić information content (AvgIpc) is 2.85. The molecule has 1 aliphatic carbocycles. The number of aryl methyl sites for hydroxylation is 1. The first-order valence-electron chi connectivity index (χ1n) is 7.10. The summed E-state index contributed by atoms with van der Waals surface area (Å²) in [5, 5.41) is 0. The molecule has 4 rings (SSSR count). The molecule has 0 aliphatic heterocycles. The van der Waals surface area contributed by atoms with Crippen LogP contribution in [0.25, 0.3) is 22.3 Å². The lowest BCUT2D eigenvalue weighted by molar-refractivity contribution is 1.26. The van der Waals surface area contributed by atoms with Gasteiger partial charge in [0.05, 0.1) is 0 Å². The Morgan fingerprint density at radius 3 is 2.20 bits per heavy atom. The van der Waals surface area contributed by atoms with Crippen molar-refractivity contribution < 1.29 is 0 Å². The van der Waals surface area contributed by atoms with Crippen LogP contribution in [0.3, 0.4) is 0 Å². The van der Waals surface area contributed by atoms with Gasteiger partial charge < -0.3 is 0 Å². The molecule has 0 saturated heterocycles. The summed E-state index contributed by atoms with van der Waals surface area (Å²) in [6.07, 6.45) is 1.06. The third kappa shape index (κ3) is 1.69. The van der Waals surface area contributed by atoms with Crippen LogP contribution in [0.15, 0.2) is 66.7 Å². The monoisotopic (exact) mass is 256 g/mol. The summed E-state index contributed by atoms with van der Waals surface area (Å²) in [6.45, 7) is 2.18. The van der Waals surface area contributed by atoms with Crippen LogP contribution < -0.4 is 0 Å². The predicted octanol–water partition coefficient (Wildman–Crippen LogP) is 5.23. The molecule has 1 aliphatic rings. The molecule has 0 unspecified atom stereocenters. The predicted molar refractivity (Wildman–Crippen MR) is 84.9 cm³/mol. The molecular weight excluding hydrogens is 240 g/mol.